The monoisotopic (exact) mass is 274 g/mol. The van der Waals surface area contributed by atoms with Gasteiger partial charge in [-0.25, -0.2) is 9.98 Å². The Morgan fingerprint density at radius 3 is 2.53 bits per heavy atom. The summed E-state index contributed by atoms with van der Waals surface area (Å²) in [6.45, 7) is 4.18. The van der Waals surface area contributed by atoms with E-state index < -0.39 is 0 Å². The molecule has 1 heterocycles. The number of hydrogen-bond acceptors (Lipinski definition) is 4. The minimum Gasteiger partial charge on any atom is -0.369 e. The maximum Gasteiger partial charge on any atom is 0.212 e. The molecule has 0 saturated carbocycles. The van der Waals surface area contributed by atoms with Crippen LogP contribution in [0.3, 0.4) is 0 Å². The van der Waals surface area contributed by atoms with Crippen molar-refractivity contribution in [2.45, 2.75) is 13.8 Å². The standard InChI is InChI=1S/C14H18N4S/c1-10-5-11(2)7-12(6-10)16-13-8-19-14(17-13)15-9-18(3)4/h5-9,16H,1-4H3. The average Bonchev–Trinajstić information content (AvgIpc) is 2.72. The summed E-state index contributed by atoms with van der Waals surface area (Å²) in [5.41, 5.74) is 3.54. The molecular formula is C14H18N4S. The summed E-state index contributed by atoms with van der Waals surface area (Å²) in [5, 5.41) is 6.03. The van der Waals surface area contributed by atoms with Crippen LogP contribution in [0.25, 0.3) is 0 Å². The van der Waals surface area contributed by atoms with Gasteiger partial charge in [0.1, 0.15) is 5.82 Å². The molecule has 0 bridgehead atoms. The highest BCUT2D eigenvalue weighted by Crippen LogP contribution is 2.25. The minimum atomic E-state index is 0.751. The molecule has 0 aliphatic heterocycles. The normalized spacial score (nSPS) is 10.9. The molecule has 0 atom stereocenters. The molecule has 0 fully saturated rings. The van der Waals surface area contributed by atoms with E-state index in [1.165, 1.54) is 22.5 Å². The fourth-order valence-corrected chi connectivity index (χ4v) is 2.33. The van der Waals surface area contributed by atoms with Gasteiger partial charge < -0.3 is 10.2 Å². The van der Waals surface area contributed by atoms with Crippen LogP contribution < -0.4 is 5.32 Å². The summed E-state index contributed by atoms with van der Waals surface area (Å²) < 4.78 is 0. The molecule has 0 aliphatic carbocycles. The zero-order valence-corrected chi connectivity index (χ0v) is 12.5. The van der Waals surface area contributed by atoms with Gasteiger partial charge in [0.15, 0.2) is 0 Å². The Hall–Kier alpha value is -1.88. The van der Waals surface area contributed by atoms with Crippen molar-refractivity contribution >= 4 is 34.3 Å². The Kier molecular flexibility index (Phi) is 4.16. The second-order valence-electron chi connectivity index (χ2n) is 4.72. The number of aromatic nitrogens is 1. The zero-order valence-electron chi connectivity index (χ0n) is 11.6. The van der Waals surface area contributed by atoms with Crippen molar-refractivity contribution in [1.82, 2.24) is 9.88 Å². The van der Waals surface area contributed by atoms with Gasteiger partial charge in [0.2, 0.25) is 5.13 Å². The van der Waals surface area contributed by atoms with Crippen LogP contribution in [0, 0.1) is 13.8 Å². The predicted octanol–water partition coefficient (Wildman–Crippen LogP) is 3.72. The van der Waals surface area contributed by atoms with E-state index in [-0.39, 0.29) is 0 Å². The van der Waals surface area contributed by atoms with Gasteiger partial charge in [-0.3, -0.25) is 0 Å². The van der Waals surface area contributed by atoms with Crippen molar-refractivity contribution in [1.29, 1.82) is 0 Å². The van der Waals surface area contributed by atoms with E-state index in [1.807, 2.05) is 24.4 Å². The molecular weight excluding hydrogens is 256 g/mol. The second kappa shape index (κ2) is 5.84. The molecule has 1 aromatic carbocycles. The first-order chi connectivity index (χ1) is 9.02. The number of nitrogens with zero attached hydrogens (tertiary/aromatic N) is 3. The SMILES string of the molecule is Cc1cc(C)cc(Nc2csc(N=CN(C)C)n2)c1. The van der Waals surface area contributed by atoms with E-state index >= 15 is 0 Å². The van der Waals surface area contributed by atoms with Crippen LogP contribution in [-0.4, -0.2) is 30.3 Å². The summed E-state index contributed by atoms with van der Waals surface area (Å²) in [7, 11) is 3.87. The van der Waals surface area contributed by atoms with Crippen LogP contribution in [-0.2, 0) is 0 Å². The molecule has 0 saturated heterocycles. The van der Waals surface area contributed by atoms with Gasteiger partial charge in [0.05, 0.1) is 6.34 Å². The number of nitrogens with one attached hydrogen (secondary N) is 1. The van der Waals surface area contributed by atoms with E-state index in [0.717, 1.165) is 16.6 Å². The lowest BCUT2D eigenvalue weighted by molar-refractivity contribution is 0.643. The summed E-state index contributed by atoms with van der Waals surface area (Å²) in [6.07, 6.45) is 1.75. The third-order valence-corrected chi connectivity index (χ3v) is 3.13. The molecule has 0 aliphatic rings. The lowest BCUT2D eigenvalue weighted by Gasteiger charge is -2.05. The number of thiazole rings is 1. The van der Waals surface area contributed by atoms with E-state index in [9.17, 15) is 0 Å². The highest BCUT2D eigenvalue weighted by molar-refractivity contribution is 7.13. The Bertz CT molecular complexity index is 567. The van der Waals surface area contributed by atoms with Crippen molar-refractivity contribution in [3.05, 3.63) is 34.7 Å². The quantitative estimate of drug-likeness (QED) is 0.682. The summed E-state index contributed by atoms with van der Waals surface area (Å²) in [6, 6.07) is 6.36. The molecule has 5 heteroatoms. The molecule has 2 aromatic rings. The highest BCUT2D eigenvalue weighted by Gasteiger charge is 2.02. The topological polar surface area (TPSA) is 40.5 Å². The van der Waals surface area contributed by atoms with Crippen molar-refractivity contribution in [3.8, 4) is 0 Å². The van der Waals surface area contributed by atoms with Crippen LogP contribution in [0.2, 0.25) is 0 Å². The first-order valence-electron chi connectivity index (χ1n) is 6.04. The van der Waals surface area contributed by atoms with Gasteiger partial charge in [-0.2, -0.15) is 0 Å². The third kappa shape index (κ3) is 4.06. The van der Waals surface area contributed by atoms with Crippen LogP contribution in [0.1, 0.15) is 11.1 Å². The van der Waals surface area contributed by atoms with Crippen molar-refractivity contribution in [2.24, 2.45) is 4.99 Å². The van der Waals surface area contributed by atoms with Gasteiger partial charge in [0, 0.05) is 25.2 Å². The van der Waals surface area contributed by atoms with Crippen molar-refractivity contribution < 1.29 is 0 Å². The Balaban J connectivity index is 2.11. The van der Waals surface area contributed by atoms with Crippen LogP contribution >= 0.6 is 11.3 Å². The van der Waals surface area contributed by atoms with E-state index in [2.05, 4.69) is 47.3 Å². The van der Waals surface area contributed by atoms with E-state index in [0.29, 0.717) is 0 Å². The first kappa shape index (κ1) is 13.5. The van der Waals surface area contributed by atoms with E-state index in [4.69, 9.17) is 0 Å². The predicted molar refractivity (Wildman–Crippen MR) is 83.2 cm³/mol. The van der Waals surface area contributed by atoms with Crippen LogP contribution in [0.4, 0.5) is 16.6 Å². The number of aliphatic imine (C=N–C) groups is 1. The maximum atomic E-state index is 4.42. The fourth-order valence-electron chi connectivity index (χ4n) is 1.74. The van der Waals surface area contributed by atoms with Crippen molar-refractivity contribution in [2.75, 3.05) is 19.4 Å². The molecule has 0 radical (unpaired) electrons. The largest absolute Gasteiger partial charge is 0.369 e. The molecule has 19 heavy (non-hydrogen) atoms. The molecule has 0 unspecified atom stereocenters. The first-order valence-corrected chi connectivity index (χ1v) is 6.92. The lowest BCUT2D eigenvalue weighted by atomic mass is 10.1. The highest BCUT2D eigenvalue weighted by atomic mass is 32.1. The van der Waals surface area contributed by atoms with Gasteiger partial charge in [-0.1, -0.05) is 6.07 Å². The lowest BCUT2D eigenvalue weighted by Crippen LogP contribution is -2.06. The molecule has 2 rings (SSSR count). The molecule has 1 aromatic heterocycles. The average molecular weight is 274 g/mol. The number of hydrogen-bond donors (Lipinski definition) is 1. The second-order valence-corrected chi connectivity index (χ2v) is 5.56. The fraction of sp³-hybridized carbons (Fsp3) is 0.286. The summed E-state index contributed by atoms with van der Waals surface area (Å²) >= 11 is 1.52. The maximum absolute atomic E-state index is 4.42. The van der Waals surface area contributed by atoms with Crippen molar-refractivity contribution in [3.63, 3.8) is 0 Å². The molecule has 0 spiro atoms. The summed E-state index contributed by atoms with van der Waals surface area (Å²) in [5.74, 6) is 0.834. The molecule has 0 amide bonds. The zero-order chi connectivity index (χ0) is 13.8. The molecule has 1 N–H and O–H groups in total. The summed E-state index contributed by atoms with van der Waals surface area (Å²) in [4.78, 5) is 10.6. The van der Waals surface area contributed by atoms with Gasteiger partial charge in [-0.15, -0.1) is 11.3 Å². The smallest absolute Gasteiger partial charge is 0.212 e. The van der Waals surface area contributed by atoms with Crippen LogP contribution in [0.15, 0.2) is 28.6 Å². The minimum absolute atomic E-state index is 0.751. The number of aryl methyl sites for hydroxylation is 2. The third-order valence-electron chi connectivity index (χ3n) is 2.39. The number of rotatable bonds is 4. The Labute approximate surface area is 117 Å². The van der Waals surface area contributed by atoms with E-state index in [1.54, 1.807) is 6.34 Å². The molecule has 100 valence electrons. The number of anilines is 2. The Morgan fingerprint density at radius 2 is 1.89 bits per heavy atom. The molecule has 4 nitrogen and oxygen atoms in total. The van der Waals surface area contributed by atoms with Gasteiger partial charge in [0.25, 0.3) is 0 Å². The van der Waals surface area contributed by atoms with Crippen LogP contribution in [0.5, 0.6) is 0 Å². The Morgan fingerprint density at radius 1 is 1.21 bits per heavy atom. The number of benzene rings is 1. The van der Waals surface area contributed by atoms with Gasteiger partial charge in [-0.05, 0) is 37.1 Å². The van der Waals surface area contributed by atoms with Gasteiger partial charge >= 0.3 is 0 Å².